The summed E-state index contributed by atoms with van der Waals surface area (Å²) in [6.07, 6.45) is 10.7. The third-order valence-electron chi connectivity index (χ3n) is 12.9. The molecule has 290 valence electrons. The molecular weight excluding hydrogens is 708 g/mol. The Labute approximate surface area is 325 Å². The number of rotatable bonds is 7. The Bertz CT molecular complexity index is 1600. The van der Waals surface area contributed by atoms with Crippen molar-refractivity contribution in [3.05, 3.63) is 70.3 Å². The van der Waals surface area contributed by atoms with Crippen LogP contribution in [-0.2, 0) is 27.3 Å². The van der Waals surface area contributed by atoms with Gasteiger partial charge < -0.3 is 23.7 Å². The molecule has 2 bridgehead atoms. The van der Waals surface area contributed by atoms with E-state index < -0.39 is 17.0 Å². The number of carbonyl (C=O) groups excluding carboxylic acids is 1. The summed E-state index contributed by atoms with van der Waals surface area (Å²) in [4.78, 5) is 21.3. The molecular formula is C42H59ClN4O5S. The summed E-state index contributed by atoms with van der Waals surface area (Å²) in [7, 11) is 1.90. The summed E-state index contributed by atoms with van der Waals surface area (Å²) in [5.74, 6) is 1.38. The van der Waals surface area contributed by atoms with Crippen molar-refractivity contribution in [2.24, 2.45) is 17.8 Å². The Kier molecular flexibility index (Phi) is 12.7. The number of hydrogen-bond acceptors (Lipinski definition) is 8. The Morgan fingerprint density at radius 1 is 1.06 bits per heavy atom. The lowest BCUT2D eigenvalue weighted by molar-refractivity contribution is -0.0963. The van der Waals surface area contributed by atoms with E-state index in [1.54, 1.807) is 6.07 Å². The maximum absolute atomic E-state index is 13.6. The van der Waals surface area contributed by atoms with E-state index in [2.05, 4.69) is 57.6 Å². The molecule has 1 saturated carbocycles. The highest BCUT2D eigenvalue weighted by atomic mass is 35.5. The standard InChI is InChI=1S/C42H59ClN4O5S/c1-5-7-31-22-35(43)11-12-37(31)34-25-47-24-33-9-13-38(33)42(50-4,28-45-17-19-46(20-18-45)36-15-21-51-27-36)16-6-8-29(2)30(3)53(49)44-41(48)32-10-14-40(52-26-34)39(47)23-32/h6,10-12,14,16,22-23,29-30,33-34,36,38H,5,7-9,13,15,17-21,24-28H2,1-4H3,(H,44,48)/b16-6+/t29-,30+,33-,34-,36-,38+,42+,53?/m0/s1. The number of halogens is 1. The van der Waals surface area contributed by atoms with Gasteiger partial charge in [-0.1, -0.05) is 50.1 Å². The highest BCUT2D eigenvalue weighted by Crippen LogP contribution is 2.47. The number of allylic oxidation sites excluding steroid dienone is 1. The van der Waals surface area contributed by atoms with Crippen LogP contribution in [-0.4, -0.2) is 110 Å². The number of piperazine rings is 1. The number of hydrogen-bond donors (Lipinski definition) is 1. The van der Waals surface area contributed by atoms with E-state index in [4.69, 9.17) is 25.8 Å². The number of benzene rings is 2. The molecule has 53 heavy (non-hydrogen) atoms. The van der Waals surface area contributed by atoms with Gasteiger partial charge in [-0.2, -0.15) is 4.72 Å². The van der Waals surface area contributed by atoms with E-state index in [0.717, 1.165) is 114 Å². The van der Waals surface area contributed by atoms with Crippen LogP contribution in [0.4, 0.5) is 5.69 Å². The quantitative estimate of drug-likeness (QED) is 0.254. The number of amides is 1. The minimum absolute atomic E-state index is 0.0996. The minimum Gasteiger partial charge on any atom is -0.593 e. The topological polar surface area (TPSA) is 89.6 Å². The van der Waals surface area contributed by atoms with Crippen LogP contribution in [0.15, 0.2) is 48.6 Å². The number of nitrogens with zero attached hydrogens (tertiary/aromatic N) is 3. The largest absolute Gasteiger partial charge is 0.593 e. The average Bonchev–Trinajstić information content (AvgIpc) is 3.63. The van der Waals surface area contributed by atoms with E-state index in [1.165, 1.54) is 11.1 Å². The lowest BCUT2D eigenvalue weighted by Gasteiger charge is -2.52. The van der Waals surface area contributed by atoms with Crippen molar-refractivity contribution in [3.8, 4) is 5.75 Å². The number of fused-ring (bicyclic) bond motifs is 2. The van der Waals surface area contributed by atoms with Gasteiger partial charge in [0.15, 0.2) is 0 Å². The van der Waals surface area contributed by atoms with Gasteiger partial charge in [-0.25, -0.2) is 0 Å². The van der Waals surface area contributed by atoms with Crippen LogP contribution >= 0.6 is 11.6 Å². The van der Waals surface area contributed by atoms with Crippen LogP contribution in [0.1, 0.15) is 80.3 Å². The van der Waals surface area contributed by atoms with Crippen LogP contribution in [0.25, 0.3) is 0 Å². The predicted molar refractivity (Wildman–Crippen MR) is 214 cm³/mol. The van der Waals surface area contributed by atoms with Gasteiger partial charge in [0.25, 0.3) is 5.91 Å². The molecule has 1 aliphatic carbocycles. The number of nitrogens with one attached hydrogen (secondary N) is 1. The van der Waals surface area contributed by atoms with E-state index in [1.807, 2.05) is 32.2 Å². The van der Waals surface area contributed by atoms with Gasteiger partial charge in [0.1, 0.15) is 16.6 Å². The van der Waals surface area contributed by atoms with Gasteiger partial charge >= 0.3 is 0 Å². The summed E-state index contributed by atoms with van der Waals surface area (Å²) in [6, 6.07) is 12.5. The Hall–Kier alpha value is -2.31. The molecule has 2 aromatic rings. The van der Waals surface area contributed by atoms with Crippen LogP contribution in [0.2, 0.25) is 5.02 Å². The van der Waals surface area contributed by atoms with Gasteiger partial charge in [0, 0.05) is 88.0 Å². The molecule has 9 nitrogen and oxygen atoms in total. The first-order valence-electron chi connectivity index (χ1n) is 20.0. The predicted octanol–water partition coefficient (Wildman–Crippen LogP) is 6.47. The fourth-order valence-corrected chi connectivity index (χ4v) is 10.5. The van der Waals surface area contributed by atoms with Gasteiger partial charge in [-0.3, -0.25) is 14.6 Å². The molecule has 2 saturated heterocycles. The summed E-state index contributed by atoms with van der Waals surface area (Å²) in [5, 5.41) is 0.530. The minimum atomic E-state index is -1.55. The highest BCUT2D eigenvalue weighted by Gasteiger charge is 2.49. The first-order chi connectivity index (χ1) is 25.7. The molecule has 3 fully saturated rings. The lowest BCUT2D eigenvalue weighted by atomic mass is 9.63. The zero-order chi connectivity index (χ0) is 37.1. The van der Waals surface area contributed by atoms with Gasteiger partial charge in [0.05, 0.1) is 30.3 Å². The molecule has 4 heterocycles. The van der Waals surface area contributed by atoms with E-state index >= 15 is 0 Å². The maximum atomic E-state index is 13.6. The van der Waals surface area contributed by atoms with Crippen LogP contribution in [0.3, 0.4) is 0 Å². The normalized spacial score (nSPS) is 33.7. The SMILES string of the molecule is CCCc1cc(Cl)ccc1[C@@H]1COc2ccc3cc2N(C1)C[C@@H]1CC[C@H]1[C@@](CN1CCN([C@H]2CCOC2)CC1)(OC)/C=C/C[C@H](C)[C@@H](C)[S+]([O-])NC3=O. The summed E-state index contributed by atoms with van der Waals surface area (Å²) in [6.45, 7) is 15.1. The van der Waals surface area contributed by atoms with E-state index in [0.29, 0.717) is 30.0 Å². The number of aryl methyl sites for hydroxylation is 1. The second-order valence-electron chi connectivity index (χ2n) is 16.2. The van der Waals surface area contributed by atoms with Gasteiger partial charge in [-0.05, 0) is 92.3 Å². The van der Waals surface area contributed by atoms with Crippen molar-refractivity contribution in [2.45, 2.75) is 82.1 Å². The van der Waals surface area contributed by atoms with Crippen LogP contribution in [0, 0.1) is 17.8 Å². The summed E-state index contributed by atoms with van der Waals surface area (Å²) < 4.78 is 35.4. The van der Waals surface area contributed by atoms with Crippen molar-refractivity contribution in [1.82, 2.24) is 14.5 Å². The molecule has 0 spiro atoms. The first kappa shape index (κ1) is 38.9. The second-order valence-corrected chi connectivity index (χ2v) is 18.1. The molecule has 7 rings (SSSR count). The van der Waals surface area contributed by atoms with Crippen molar-refractivity contribution in [3.63, 3.8) is 0 Å². The fourth-order valence-electron chi connectivity index (χ4n) is 9.32. The average molecular weight is 767 g/mol. The molecule has 0 aromatic heterocycles. The monoisotopic (exact) mass is 766 g/mol. The third-order valence-corrected chi connectivity index (χ3v) is 14.7. The van der Waals surface area contributed by atoms with Crippen LogP contribution < -0.4 is 14.4 Å². The Morgan fingerprint density at radius 2 is 1.89 bits per heavy atom. The second kappa shape index (κ2) is 17.2. The zero-order valence-corrected chi connectivity index (χ0v) is 33.6. The number of methoxy groups -OCH3 is 1. The van der Waals surface area contributed by atoms with Crippen molar-refractivity contribution in [1.29, 1.82) is 0 Å². The molecule has 2 aromatic carbocycles. The van der Waals surface area contributed by atoms with Crippen LogP contribution in [0.5, 0.6) is 5.75 Å². The van der Waals surface area contributed by atoms with Gasteiger partial charge in [-0.15, -0.1) is 0 Å². The highest BCUT2D eigenvalue weighted by molar-refractivity contribution is 7.90. The first-order valence-corrected chi connectivity index (χ1v) is 21.6. The maximum Gasteiger partial charge on any atom is 0.292 e. The lowest BCUT2D eigenvalue weighted by Crippen LogP contribution is -2.59. The van der Waals surface area contributed by atoms with E-state index in [-0.39, 0.29) is 23.0 Å². The summed E-state index contributed by atoms with van der Waals surface area (Å²) in [5.41, 5.74) is 3.50. The molecule has 1 N–H and O–H groups in total. The molecule has 8 atom stereocenters. The van der Waals surface area contributed by atoms with Crippen molar-refractivity contribution >= 4 is 34.6 Å². The molecule has 5 aliphatic rings. The summed E-state index contributed by atoms with van der Waals surface area (Å²) >= 11 is 4.97. The van der Waals surface area contributed by atoms with Crippen molar-refractivity contribution in [2.75, 3.05) is 77.6 Å². The number of anilines is 1. The molecule has 11 heteroatoms. The molecule has 0 radical (unpaired) electrons. The zero-order valence-electron chi connectivity index (χ0n) is 32.1. The molecule has 4 aliphatic heterocycles. The number of carbonyl (C=O) groups is 1. The fraction of sp³-hybridized carbons (Fsp3) is 0.643. The smallest absolute Gasteiger partial charge is 0.292 e. The third kappa shape index (κ3) is 8.59. The Morgan fingerprint density at radius 3 is 2.60 bits per heavy atom. The van der Waals surface area contributed by atoms with Crippen molar-refractivity contribution < 1.29 is 23.6 Å². The molecule has 1 unspecified atom stereocenters. The Balaban J connectivity index is 1.22. The molecule has 1 amide bonds. The number of ether oxygens (including phenoxy) is 3. The van der Waals surface area contributed by atoms with Gasteiger partial charge in [0.2, 0.25) is 0 Å². The van der Waals surface area contributed by atoms with E-state index in [9.17, 15) is 9.35 Å².